The van der Waals surface area contributed by atoms with E-state index in [1.54, 1.807) is 0 Å². The second-order valence-electron chi connectivity index (χ2n) is 5.14. The quantitative estimate of drug-likeness (QED) is 0.907. The van der Waals surface area contributed by atoms with Gasteiger partial charge in [-0.2, -0.15) is 0 Å². The molecule has 4 nitrogen and oxygen atoms in total. The Morgan fingerprint density at radius 1 is 1.32 bits per heavy atom. The molecule has 1 aromatic carbocycles. The molecule has 0 amide bonds. The number of piperazine rings is 1. The maximum atomic E-state index is 4.51. The van der Waals surface area contributed by atoms with Gasteiger partial charge in [-0.05, 0) is 19.1 Å². The monoisotopic (exact) mass is 256 g/mol. The van der Waals surface area contributed by atoms with E-state index in [0.717, 1.165) is 32.0 Å². The predicted molar refractivity (Wildman–Crippen MR) is 76.3 cm³/mol. The van der Waals surface area contributed by atoms with E-state index < -0.39 is 0 Å². The molecule has 1 fully saturated rings. The fourth-order valence-electron chi connectivity index (χ4n) is 2.63. The van der Waals surface area contributed by atoms with Gasteiger partial charge < -0.3 is 9.88 Å². The summed E-state index contributed by atoms with van der Waals surface area (Å²) in [5.74, 6) is 1.11. The third-order valence-corrected chi connectivity index (χ3v) is 3.57. The molecular formula is C15H20N4. The summed E-state index contributed by atoms with van der Waals surface area (Å²) in [7, 11) is 0. The normalized spacial score (nSPS) is 20.6. The molecule has 0 unspecified atom stereocenters. The van der Waals surface area contributed by atoms with Gasteiger partial charge in [0.05, 0.1) is 6.54 Å². The molecule has 1 aliphatic heterocycles. The van der Waals surface area contributed by atoms with Gasteiger partial charge in [0.15, 0.2) is 0 Å². The fraction of sp³-hybridized carbons (Fsp3) is 0.400. The number of hydrogen-bond donors (Lipinski definition) is 1. The van der Waals surface area contributed by atoms with E-state index in [1.807, 2.05) is 18.5 Å². The Hall–Kier alpha value is -1.65. The molecule has 19 heavy (non-hydrogen) atoms. The fourth-order valence-corrected chi connectivity index (χ4v) is 2.63. The number of benzene rings is 1. The van der Waals surface area contributed by atoms with E-state index in [9.17, 15) is 0 Å². The van der Waals surface area contributed by atoms with Crippen molar-refractivity contribution in [3.63, 3.8) is 0 Å². The summed E-state index contributed by atoms with van der Waals surface area (Å²) in [6.07, 6.45) is 3.92. The van der Waals surface area contributed by atoms with Gasteiger partial charge in [-0.1, -0.05) is 18.2 Å². The summed E-state index contributed by atoms with van der Waals surface area (Å²) in [5, 5.41) is 3.47. The third-order valence-electron chi connectivity index (χ3n) is 3.57. The molecule has 1 aliphatic rings. The Kier molecular flexibility index (Phi) is 3.62. The van der Waals surface area contributed by atoms with Crippen LogP contribution >= 0.6 is 0 Å². The first kappa shape index (κ1) is 12.4. The van der Waals surface area contributed by atoms with E-state index >= 15 is 0 Å². The molecule has 0 aliphatic carbocycles. The van der Waals surface area contributed by atoms with Gasteiger partial charge in [0.1, 0.15) is 5.82 Å². The number of para-hydroxylation sites is 1. The highest BCUT2D eigenvalue weighted by molar-refractivity contribution is 5.32. The Morgan fingerprint density at radius 2 is 2.16 bits per heavy atom. The van der Waals surface area contributed by atoms with E-state index in [4.69, 9.17) is 0 Å². The Balaban J connectivity index is 1.77. The van der Waals surface area contributed by atoms with Crippen LogP contribution in [0.15, 0.2) is 42.7 Å². The molecule has 0 radical (unpaired) electrons. The molecule has 100 valence electrons. The van der Waals surface area contributed by atoms with Crippen molar-refractivity contribution >= 4 is 0 Å². The topological polar surface area (TPSA) is 33.1 Å². The van der Waals surface area contributed by atoms with Crippen LogP contribution in [0.1, 0.15) is 12.7 Å². The second-order valence-corrected chi connectivity index (χ2v) is 5.14. The maximum Gasteiger partial charge on any atom is 0.127 e. The maximum absolute atomic E-state index is 4.51. The molecule has 1 atom stereocenters. The Labute approximate surface area is 114 Å². The van der Waals surface area contributed by atoms with Crippen LogP contribution in [0.5, 0.6) is 0 Å². The lowest BCUT2D eigenvalue weighted by atomic mass is 10.2. The minimum absolute atomic E-state index is 0.564. The minimum Gasteiger partial charge on any atom is -0.312 e. The zero-order valence-electron chi connectivity index (χ0n) is 11.3. The first-order valence-electron chi connectivity index (χ1n) is 6.86. The van der Waals surface area contributed by atoms with Crippen molar-refractivity contribution < 1.29 is 0 Å². The van der Waals surface area contributed by atoms with Crippen LogP contribution in [0.4, 0.5) is 0 Å². The van der Waals surface area contributed by atoms with Crippen LogP contribution in [0.2, 0.25) is 0 Å². The van der Waals surface area contributed by atoms with E-state index in [-0.39, 0.29) is 0 Å². The number of nitrogens with one attached hydrogen (secondary N) is 1. The molecule has 2 heterocycles. The summed E-state index contributed by atoms with van der Waals surface area (Å²) >= 11 is 0. The molecule has 1 N–H and O–H groups in total. The molecular weight excluding hydrogens is 236 g/mol. The van der Waals surface area contributed by atoms with Crippen molar-refractivity contribution in [2.24, 2.45) is 0 Å². The highest BCUT2D eigenvalue weighted by Gasteiger charge is 2.17. The molecule has 1 aromatic heterocycles. The largest absolute Gasteiger partial charge is 0.312 e. The van der Waals surface area contributed by atoms with Crippen LogP contribution in [-0.2, 0) is 6.54 Å². The van der Waals surface area contributed by atoms with Crippen molar-refractivity contribution in [2.45, 2.75) is 19.5 Å². The average Bonchev–Trinajstić information content (AvgIpc) is 2.88. The van der Waals surface area contributed by atoms with Crippen molar-refractivity contribution in [2.75, 3.05) is 19.6 Å². The lowest BCUT2D eigenvalue weighted by molar-refractivity contribution is 0.194. The highest BCUT2D eigenvalue weighted by atomic mass is 15.2. The number of imidazole rings is 1. The van der Waals surface area contributed by atoms with Gasteiger partial charge in [0.25, 0.3) is 0 Å². The summed E-state index contributed by atoms with van der Waals surface area (Å²) in [6, 6.07) is 11.0. The molecule has 0 spiro atoms. The Morgan fingerprint density at radius 3 is 2.95 bits per heavy atom. The Bertz CT molecular complexity index is 520. The SMILES string of the molecule is C[C@H]1CN(Cc2nccn2-c2ccccc2)CCN1. The smallest absolute Gasteiger partial charge is 0.127 e. The van der Waals surface area contributed by atoms with E-state index in [1.165, 1.54) is 5.69 Å². The number of aromatic nitrogens is 2. The van der Waals surface area contributed by atoms with Gasteiger partial charge in [-0.25, -0.2) is 4.98 Å². The van der Waals surface area contributed by atoms with Gasteiger partial charge in [-0.3, -0.25) is 4.90 Å². The van der Waals surface area contributed by atoms with E-state index in [0.29, 0.717) is 6.04 Å². The zero-order valence-corrected chi connectivity index (χ0v) is 11.3. The first-order chi connectivity index (χ1) is 9.33. The summed E-state index contributed by atoms with van der Waals surface area (Å²) < 4.78 is 2.17. The third kappa shape index (κ3) is 2.85. The summed E-state index contributed by atoms with van der Waals surface area (Å²) in [4.78, 5) is 6.97. The van der Waals surface area contributed by atoms with Gasteiger partial charge in [0, 0.05) is 43.8 Å². The second kappa shape index (κ2) is 5.55. The van der Waals surface area contributed by atoms with Gasteiger partial charge >= 0.3 is 0 Å². The molecule has 3 rings (SSSR count). The van der Waals surface area contributed by atoms with Crippen molar-refractivity contribution in [1.29, 1.82) is 0 Å². The molecule has 1 saturated heterocycles. The minimum atomic E-state index is 0.564. The van der Waals surface area contributed by atoms with Crippen LogP contribution in [0.3, 0.4) is 0 Å². The number of nitrogens with zero attached hydrogens (tertiary/aromatic N) is 3. The lowest BCUT2D eigenvalue weighted by Crippen LogP contribution is -2.48. The van der Waals surface area contributed by atoms with Crippen LogP contribution in [0, 0.1) is 0 Å². The van der Waals surface area contributed by atoms with Crippen molar-refractivity contribution in [3.8, 4) is 5.69 Å². The lowest BCUT2D eigenvalue weighted by Gasteiger charge is -2.31. The molecule has 2 aromatic rings. The first-order valence-corrected chi connectivity index (χ1v) is 6.86. The standard InChI is InChI=1S/C15H20N4/c1-13-11-18(9-7-16-13)12-15-17-8-10-19(15)14-5-3-2-4-6-14/h2-6,8,10,13,16H,7,9,11-12H2,1H3/t13-/m0/s1. The average molecular weight is 256 g/mol. The molecule has 4 heteroatoms. The van der Waals surface area contributed by atoms with Gasteiger partial charge in [-0.15, -0.1) is 0 Å². The molecule has 0 bridgehead atoms. The number of hydrogen-bond acceptors (Lipinski definition) is 3. The van der Waals surface area contributed by atoms with Crippen LogP contribution in [-0.4, -0.2) is 40.1 Å². The van der Waals surface area contributed by atoms with Crippen LogP contribution in [0.25, 0.3) is 5.69 Å². The molecule has 0 saturated carbocycles. The highest BCUT2D eigenvalue weighted by Crippen LogP contribution is 2.12. The van der Waals surface area contributed by atoms with Crippen LogP contribution < -0.4 is 5.32 Å². The predicted octanol–water partition coefficient (Wildman–Crippen LogP) is 1.67. The van der Waals surface area contributed by atoms with Gasteiger partial charge in [0.2, 0.25) is 0 Å². The van der Waals surface area contributed by atoms with Crippen molar-refractivity contribution in [1.82, 2.24) is 19.8 Å². The zero-order chi connectivity index (χ0) is 13.1. The number of rotatable bonds is 3. The summed E-state index contributed by atoms with van der Waals surface area (Å²) in [5.41, 5.74) is 1.18. The summed E-state index contributed by atoms with van der Waals surface area (Å²) in [6.45, 7) is 6.38. The van der Waals surface area contributed by atoms with E-state index in [2.05, 4.69) is 51.0 Å². The van der Waals surface area contributed by atoms with Crippen molar-refractivity contribution in [3.05, 3.63) is 48.5 Å².